The Bertz CT molecular complexity index is 830. The van der Waals surface area contributed by atoms with Crippen LogP contribution in [0.1, 0.15) is 29.8 Å². The van der Waals surface area contributed by atoms with Gasteiger partial charge < -0.3 is 14.8 Å². The molecule has 2 aromatic carbocycles. The largest absolute Gasteiger partial charge is 0.494 e. The maximum atomic E-state index is 12.4. The van der Waals surface area contributed by atoms with E-state index in [0.29, 0.717) is 23.7 Å². The van der Waals surface area contributed by atoms with Gasteiger partial charge in [0.1, 0.15) is 11.5 Å². The maximum absolute atomic E-state index is 12.4. The number of halogens is 2. The lowest BCUT2D eigenvalue weighted by Crippen LogP contribution is -2.15. The summed E-state index contributed by atoms with van der Waals surface area (Å²) in [6.45, 7) is 0.859. The van der Waals surface area contributed by atoms with Gasteiger partial charge in [0, 0.05) is 16.9 Å². The summed E-state index contributed by atoms with van der Waals surface area (Å²) in [5.41, 5.74) is 1.57. The average Bonchev–Trinajstić information content (AvgIpc) is 2.64. The molecule has 0 aliphatic heterocycles. The number of alkyl halides is 2. The van der Waals surface area contributed by atoms with Gasteiger partial charge in [-0.25, -0.2) is 0 Å². The first-order chi connectivity index (χ1) is 13.4. The Hall–Kier alpha value is -2.61. The van der Waals surface area contributed by atoms with Crippen LogP contribution in [0.15, 0.2) is 42.5 Å². The molecule has 0 saturated heterocycles. The molecule has 150 valence electrons. The number of amides is 1. The minimum Gasteiger partial charge on any atom is -0.494 e. The highest BCUT2D eigenvalue weighted by molar-refractivity contribution is 7.99. The van der Waals surface area contributed by atoms with Crippen molar-refractivity contribution < 1.29 is 27.8 Å². The third-order valence-corrected chi connectivity index (χ3v) is 4.62. The molecule has 0 saturated carbocycles. The maximum Gasteiger partial charge on any atom is 0.387 e. The number of thioether (sulfide) groups is 1. The summed E-state index contributed by atoms with van der Waals surface area (Å²) in [5.74, 6) is 0.719. The number of benzene rings is 2. The zero-order chi connectivity index (χ0) is 20.5. The first-order valence-corrected chi connectivity index (χ1v) is 9.74. The summed E-state index contributed by atoms with van der Waals surface area (Å²) in [6, 6.07) is 11.2. The Balaban J connectivity index is 1.97. The fraction of sp³-hybridized carbons (Fsp3) is 0.300. The summed E-state index contributed by atoms with van der Waals surface area (Å²) in [5, 5.41) is 2.57. The number of nitrogens with one attached hydrogen (secondary N) is 1. The molecule has 0 aromatic heterocycles. The third-order valence-electron chi connectivity index (χ3n) is 3.63. The van der Waals surface area contributed by atoms with Crippen LogP contribution in [0.5, 0.6) is 11.5 Å². The van der Waals surface area contributed by atoms with Gasteiger partial charge in [-0.3, -0.25) is 9.59 Å². The van der Waals surface area contributed by atoms with Gasteiger partial charge in [-0.05, 0) is 44.2 Å². The van der Waals surface area contributed by atoms with E-state index < -0.39 is 6.61 Å². The van der Waals surface area contributed by atoms with Crippen molar-refractivity contribution >= 4 is 29.1 Å². The van der Waals surface area contributed by atoms with Crippen molar-refractivity contribution in [3.8, 4) is 11.5 Å². The number of hydrogen-bond acceptors (Lipinski definition) is 5. The Morgan fingerprint density at radius 2 is 1.89 bits per heavy atom. The van der Waals surface area contributed by atoms with Gasteiger partial charge in [-0.15, -0.1) is 11.8 Å². The second kappa shape index (κ2) is 10.7. The Morgan fingerprint density at radius 3 is 2.57 bits per heavy atom. The van der Waals surface area contributed by atoms with Gasteiger partial charge in [0.05, 0.1) is 18.0 Å². The monoisotopic (exact) mass is 409 g/mol. The molecule has 0 aliphatic carbocycles. The van der Waals surface area contributed by atoms with Gasteiger partial charge in [0.15, 0.2) is 5.78 Å². The molecule has 0 aliphatic rings. The van der Waals surface area contributed by atoms with Crippen molar-refractivity contribution in [1.82, 2.24) is 0 Å². The number of rotatable bonds is 10. The Morgan fingerprint density at radius 1 is 1.14 bits per heavy atom. The number of Topliss-reactive ketones (excluding diaryl/α,β-unsaturated/α-hetero) is 1. The standard InChI is InChI=1S/C20H21F2NO4S/c1-3-26-17-9-8-14(13(2)24)10-15(17)11-28-12-19(25)23-16-6-4-5-7-18(16)27-20(21)22/h4-10,20H,3,11-12H2,1-2H3,(H,23,25). The SMILES string of the molecule is CCOc1ccc(C(C)=O)cc1CSCC(=O)Nc1ccccc1OC(F)F. The van der Waals surface area contributed by atoms with Crippen LogP contribution in [0.2, 0.25) is 0 Å². The Labute approximate surface area is 166 Å². The van der Waals surface area contributed by atoms with Crippen molar-refractivity contribution in [2.75, 3.05) is 17.7 Å². The van der Waals surface area contributed by atoms with Crippen molar-refractivity contribution in [1.29, 1.82) is 0 Å². The molecule has 2 aromatic rings. The lowest BCUT2D eigenvalue weighted by molar-refractivity contribution is -0.113. The van der Waals surface area contributed by atoms with E-state index in [2.05, 4.69) is 10.1 Å². The molecule has 0 spiro atoms. The second-order valence-corrected chi connectivity index (χ2v) is 6.71. The van der Waals surface area contributed by atoms with Crippen molar-refractivity contribution in [2.24, 2.45) is 0 Å². The van der Waals surface area contributed by atoms with E-state index in [4.69, 9.17) is 4.74 Å². The summed E-state index contributed by atoms with van der Waals surface area (Å²) in [6.07, 6.45) is 0. The van der Waals surface area contributed by atoms with Crippen molar-refractivity contribution in [2.45, 2.75) is 26.2 Å². The summed E-state index contributed by atoms with van der Waals surface area (Å²) in [4.78, 5) is 23.7. The minimum atomic E-state index is -2.97. The number of carbonyl (C=O) groups excluding carboxylic acids is 2. The molecule has 1 N–H and O–H groups in total. The molecule has 28 heavy (non-hydrogen) atoms. The van der Waals surface area contributed by atoms with E-state index >= 15 is 0 Å². The van der Waals surface area contributed by atoms with Gasteiger partial charge >= 0.3 is 6.61 Å². The lowest BCUT2D eigenvalue weighted by atomic mass is 10.1. The number of hydrogen-bond donors (Lipinski definition) is 1. The van der Waals surface area contributed by atoms with Crippen LogP contribution in [0.4, 0.5) is 14.5 Å². The summed E-state index contributed by atoms with van der Waals surface area (Å²) < 4.78 is 34.8. The highest BCUT2D eigenvalue weighted by Gasteiger charge is 2.13. The molecule has 0 heterocycles. The molecule has 2 rings (SSSR count). The van der Waals surface area contributed by atoms with Gasteiger partial charge in [-0.2, -0.15) is 8.78 Å². The fourth-order valence-electron chi connectivity index (χ4n) is 2.42. The number of ketones is 1. The van der Waals surface area contributed by atoms with Crippen molar-refractivity contribution in [3.63, 3.8) is 0 Å². The minimum absolute atomic E-state index is 0.0531. The average molecular weight is 409 g/mol. The summed E-state index contributed by atoms with van der Waals surface area (Å²) >= 11 is 1.32. The van der Waals surface area contributed by atoms with Gasteiger partial charge in [0.2, 0.25) is 5.91 Å². The molecule has 0 radical (unpaired) electrons. The number of para-hydroxylation sites is 2. The van der Waals surface area contributed by atoms with E-state index in [1.807, 2.05) is 6.92 Å². The summed E-state index contributed by atoms with van der Waals surface area (Å²) in [7, 11) is 0. The topological polar surface area (TPSA) is 64.6 Å². The van der Waals surface area contributed by atoms with Crippen molar-refractivity contribution in [3.05, 3.63) is 53.6 Å². The Kier molecular flexibility index (Phi) is 8.25. The molecular formula is C20H21F2NO4S. The zero-order valence-corrected chi connectivity index (χ0v) is 16.4. The molecule has 0 unspecified atom stereocenters. The highest BCUT2D eigenvalue weighted by Crippen LogP contribution is 2.27. The van der Waals surface area contributed by atoms with Crippen LogP contribution in [0.25, 0.3) is 0 Å². The van der Waals surface area contributed by atoms with E-state index in [9.17, 15) is 18.4 Å². The number of ether oxygens (including phenoxy) is 2. The highest BCUT2D eigenvalue weighted by atomic mass is 32.2. The van der Waals surface area contributed by atoms with Gasteiger partial charge in [0.25, 0.3) is 0 Å². The van der Waals surface area contributed by atoms with Crippen LogP contribution in [0, 0.1) is 0 Å². The van der Waals surface area contributed by atoms with Crippen LogP contribution in [-0.4, -0.2) is 30.7 Å². The lowest BCUT2D eigenvalue weighted by Gasteiger charge is -2.13. The van der Waals surface area contributed by atoms with E-state index in [1.165, 1.54) is 30.8 Å². The number of anilines is 1. The smallest absolute Gasteiger partial charge is 0.387 e. The normalized spacial score (nSPS) is 10.6. The predicted molar refractivity (Wildman–Crippen MR) is 105 cm³/mol. The molecule has 0 fully saturated rings. The fourth-order valence-corrected chi connectivity index (χ4v) is 3.22. The second-order valence-electron chi connectivity index (χ2n) is 5.73. The molecule has 8 heteroatoms. The first-order valence-electron chi connectivity index (χ1n) is 8.58. The van der Waals surface area contributed by atoms with Crippen LogP contribution < -0.4 is 14.8 Å². The van der Waals surface area contributed by atoms with E-state index in [0.717, 1.165) is 5.56 Å². The predicted octanol–water partition coefficient (Wildman–Crippen LogP) is 4.76. The molecular weight excluding hydrogens is 388 g/mol. The van der Waals surface area contributed by atoms with Gasteiger partial charge in [-0.1, -0.05) is 12.1 Å². The quantitative estimate of drug-likeness (QED) is 0.573. The molecule has 0 atom stereocenters. The first kappa shape index (κ1) is 21.7. The molecule has 1 amide bonds. The third kappa shape index (κ3) is 6.53. The zero-order valence-electron chi connectivity index (χ0n) is 15.5. The van der Waals surface area contributed by atoms with Crippen LogP contribution >= 0.6 is 11.8 Å². The van der Waals surface area contributed by atoms with Crippen LogP contribution in [-0.2, 0) is 10.5 Å². The number of carbonyl (C=O) groups is 2. The van der Waals surface area contributed by atoms with E-state index in [1.54, 1.807) is 30.3 Å². The van der Waals surface area contributed by atoms with E-state index in [-0.39, 0.29) is 28.9 Å². The molecule has 5 nitrogen and oxygen atoms in total. The molecule has 0 bridgehead atoms. The van der Waals surface area contributed by atoms with Crippen LogP contribution in [0.3, 0.4) is 0 Å².